The zero-order valence-corrected chi connectivity index (χ0v) is 14.3. The fourth-order valence-electron chi connectivity index (χ4n) is 1.69. The second-order valence-corrected chi connectivity index (χ2v) is 7.04. The summed E-state index contributed by atoms with van der Waals surface area (Å²) >= 11 is 2.29. The van der Waals surface area contributed by atoms with Crippen molar-refractivity contribution >= 4 is 39.9 Å². The molecule has 0 radical (unpaired) electrons. The van der Waals surface area contributed by atoms with Crippen molar-refractivity contribution in [2.45, 2.75) is 33.1 Å². The fraction of sp³-hybridized carbons (Fsp3) is 0.333. The third kappa shape index (κ3) is 3.39. The first-order valence-corrected chi connectivity index (χ1v) is 7.52. The van der Waals surface area contributed by atoms with Gasteiger partial charge in [-0.15, -0.1) is 0 Å². The van der Waals surface area contributed by atoms with Gasteiger partial charge in [0.25, 0.3) is 0 Å². The van der Waals surface area contributed by atoms with Crippen LogP contribution in [-0.4, -0.2) is 9.97 Å². The molecule has 0 saturated heterocycles. The molecule has 20 heavy (non-hydrogen) atoms. The summed E-state index contributed by atoms with van der Waals surface area (Å²) in [5.41, 5.74) is 7.74. The van der Waals surface area contributed by atoms with Gasteiger partial charge in [-0.2, -0.15) is 0 Å². The summed E-state index contributed by atoms with van der Waals surface area (Å²) in [6.07, 6.45) is 0. The minimum Gasteiger partial charge on any atom is -0.383 e. The first-order valence-electron chi connectivity index (χ1n) is 6.44. The van der Waals surface area contributed by atoms with E-state index in [0.29, 0.717) is 5.82 Å². The Hall–Kier alpha value is -1.37. The lowest BCUT2D eigenvalue weighted by atomic mass is 9.95. The number of anilines is 3. The fourth-order valence-corrected chi connectivity index (χ4v) is 2.24. The highest BCUT2D eigenvalue weighted by Crippen LogP contribution is 2.27. The number of nitrogens with zero attached hydrogens (tertiary/aromatic N) is 2. The third-order valence-corrected chi connectivity index (χ3v) is 3.61. The standard InChI is InChI=1S/C15H19IN4/c1-9-12(17)19-14(15(2,3)4)20-13(9)18-11-7-5-6-10(16)8-11/h5-8H,1-4H3,(H3,17,18,19,20). The van der Waals surface area contributed by atoms with E-state index in [1.807, 2.05) is 25.1 Å². The van der Waals surface area contributed by atoms with Gasteiger partial charge in [-0.25, -0.2) is 9.97 Å². The molecule has 0 amide bonds. The van der Waals surface area contributed by atoms with Crippen LogP contribution in [0.25, 0.3) is 0 Å². The highest BCUT2D eigenvalue weighted by atomic mass is 127. The first-order chi connectivity index (χ1) is 9.27. The smallest absolute Gasteiger partial charge is 0.139 e. The minimum absolute atomic E-state index is 0.136. The van der Waals surface area contributed by atoms with Crippen LogP contribution in [0.3, 0.4) is 0 Å². The lowest BCUT2D eigenvalue weighted by Gasteiger charge is -2.19. The molecule has 4 nitrogen and oxygen atoms in total. The predicted molar refractivity (Wildman–Crippen MR) is 92.3 cm³/mol. The van der Waals surface area contributed by atoms with Gasteiger partial charge in [0.15, 0.2) is 0 Å². The summed E-state index contributed by atoms with van der Waals surface area (Å²) in [7, 11) is 0. The normalized spacial score (nSPS) is 11.4. The quantitative estimate of drug-likeness (QED) is 0.771. The molecule has 0 bridgehead atoms. The number of nitrogens with two attached hydrogens (primary N) is 1. The van der Waals surface area contributed by atoms with Crippen LogP contribution in [-0.2, 0) is 5.41 Å². The maximum absolute atomic E-state index is 6.01. The van der Waals surface area contributed by atoms with E-state index in [9.17, 15) is 0 Å². The van der Waals surface area contributed by atoms with E-state index in [1.54, 1.807) is 0 Å². The van der Waals surface area contributed by atoms with Crippen molar-refractivity contribution in [3.05, 3.63) is 39.2 Å². The molecule has 2 aromatic rings. The highest BCUT2D eigenvalue weighted by Gasteiger charge is 2.20. The zero-order chi connectivity index (χ0) is 14.9. The maximum atomic E-state index is 6.01. The third-order valence-electron chi connectivity index (χ3n) is 2.94. The molecule has 0 aliphatic heterocycles. The van der Waals surface area contributed by atoms with Crippen LogP contribution < -0.4 is 11.1 Å². The van der Waals surface area contributed by atoms with Crippen LogP contribution >= 0.6 is 22.6 Å². The molecule has 1 aromatic heterocycles. The Kier molecular flexibility index (Phi) is 4.17. The highest BCUT2D eigenvalue weighted by molar-refractivity contribution is 14.1. The van der Waals surface area contributed by atoms with Crippen molar-refractivity contribution in [3.8, 4) is 0 Å². The van der Waals surface area contributed by atoms with Crippen LogP contribution in [0.1, 0.15) is 32.2 Å². The number of rotatable bonds is 2. The molecule has 0 saturated carbocycles. The van der Waals surface area contributed by atoms with Crippen molar-refractivity contribution in [3.63, 3.8) is 0 Å². The van der Waals surface area contributed by atoms with Gasteiger partial charge >= 0.3 is 0 Å². The largest absolute Gasteiger partial charge is 0.383 e. The molecule has 0 atom stereocenters. The lowest BCUT2D eigenvalue weighted by molar-refractivity contribution is 0.546. The van der Waals surface area contributed by atoms with Gasteiger partial charge in [0.1, 0.15) is 17.5 Å². The van der Waals surface area contributed by atoms with E-state index >= 15 is 0 Å². The number of hydrogen-bond acceptors (Lipinski definition) is 4. The Labute approximate surface area is 133 Å². The van der Waals surface area contributed by atoms with Crippen molar-refractivity contribution < 1.29 is 0 Å². The van der Waals surface area contributed by atoms with Gasteiger partial charge in [0.2, 0.25) is 0 Å². The maximum Gasteiger partial charge on any atom is 0.139 e. The summed E-state index contributed by atoms with van der Waals surface area (Å²) in [6.45, 7) is 8.16. The van der Waals surface area contributed by atoms with E-state index in [1.165, 1.54) is 3.57 Å². The Morgan fingerprint density at radius 1 is 1.20 bits per heavy atom. The molecule has 2 rings (SSSR count). The SMILES string of the molecule is Cc1c(N)nc(C(C)(C)C)nc1Nc1cccc(I)c1. The number of nitrogen functional groups attached to an aromatic ring is 1. The molecule has 3 N–H and O–H groups in total. The molecule has 0 aliphatic carbocycles. The van der Waals surface area contributed by atoms with E-state index in [4.69, 9.17) is 5.73 Å². The van der Waals surface area contributed by atoms with Crippen LogP contribution in [0.15, 0.2) is 24.3 Å². The van der Waals surface area contributed by atoms with Crippen LogP contribution in [0, 0.1) is 10.5 Å². The molecular formula is C15H19IN4. The topological polar surface area (TPSA) is 63.8 Å². The molecule has 0 spiro atoms. The molecule has 1 heterocycles. The van der Waals surface area contributed by atoms with Crippen molar-refractivity contribution in [1.29, 1.82) is 0 Å². The predicted octanol–water partition coefficient (Wildman–Crippen LogP) is 4.01. The number of nitrogens with one attached hydrogen (secondary N) is 1. The molecule has 5 heteroatoms. The average molecular weight is 382 g/mol. The van der Waals surface area contributed by atoms with E-state index in [0.717, 1.165) is 22.9 Å². The number of halogens is 1. The summed E-state index contributed by atoms with van der Waals surface area (Å²) in [5.74, 6) is 2.04. The molecule has 0 fully saturated rings. The van der Waals surface area contributed by atoms with Gasteiger partial charge in [0, 0.05) is 20.2 Å². The Bertz CT molecular complexity index is 632. The van der Waals surface area contributed by atoms with Gasteiger partial charge < -0.3 is 11.1 Å². The lowest BCUT2D eigenvalue weighted by Crippen LogP contribution is -2.18. The van der Waals surface area contributed by atoms with Gasteiger partial charge in [-0.3, -0.25) is 0 Å². The Morgan fingerprint density at radius 3 is 2.50 bits per heavy atom. The van der Waals surface area contributed by atoms with E-state index in [2.05, 4.69) is 64.7 Å². The average Bonchev–Trinajstić information content (AvgIpc) is 2.33. The molecular weight excluding hydrogens is 363 g/mol. The van der Waals surface area contributed by atoms with Crippen molar-refractivity contribution in [1.82, 2.24) is 9.97 Å². The van der Waals surface area contributed by atoms with Gasteiger partial charge in [-0.1, -0.05) is 26.8 Å². The summed E-state index contributed by atoms with van der Waals surface area (Å²) in [5, 5.41) is 3.33. The van der Waals surface area contributed by atoms with Gasteiger partial charge in [-0.05, 0) is 47.7 Å². The molecule has 1 aromatic carbocycles. The van der Waals surface area contributed by atoms with Crippen LogP contribution in [0.4, 0.5) is 17.3 Å². The Balaban J connectivity index is 2.43. The second kappa shape index (κ2) is 5.55. The Morgan fingerprint density at radius 2 is 1.90 bits per heavy atom. The first kappa shape index (κ1) is 15.0. The van der Waals surface area contributed by atoms with Crippen LogP contribution in [0.2, 0.25) is 0 Å². The van der Waals surface area contributed by atoms with Crippen molar-refractivity contribution in [2.75, 3.05) is 11.1 Å². The summed E-state index contributed by atoms with van der Waals surface area (Å²) in [4.78, 5) is 9.01. The second-order valence-electron chi connectivity index (χ2n) is 5.79. The number of benzene rings is 1. The summed E-state index contributed by atoms with van der Waals surface area (Å²) in [6, 6.07) is 8.13. The number of hydrogen-bond donors (Lipinski definition) is 2. The number of aromatic nitrogens is 2. The van der Waals surface area contributed by atoms with Gasteiger partial charge in [0.05, 0.1) is 0 Å². The van der Waals surface area contributed by atoms with Crippen molar-refractivity contribution in [2.24, 2.45) is 0 Å². The zero-order valence-electron chi connectivity index (χ0n) is 12.2. The van der Waals surface area contributed by atoms with E-state index in [-0.39, 0.29) is 5.41 Å². The molecule has 0 unspecified atom stereocenters. The molecule has 106 valence electrons. The molecule has 0 aliphatic rings. The van der Waals surface area contributed by atoms with E-state index < -0.39 is 0 Å². The summed E-state index contributed by atoms with van der Waals surface area (Å²) < 4.78 is 1.17. The minimum atomic E-state index is -0.136. The van der Waals surface area contributed by atoms with Crippen LogP contribution in [0.5, 0.6) is 0 Å². The monoisotopic (exact) mass is 382 g/mol.